The first kappa shape index (κ1) is 22.6. The fourth-order valence-corrected chi connectivity index (χ4v) is 6.10. The third kappa shape index (κ3) is 4.97. The van der Waals surface area contributed by atoms with E-state index in [9.17, 15) is 14.9 Å². The monoisotopic (exact) mass is 416 g/mol. The predicted octanol–water partition coefficient (Wildman–Crippen LogP) is 3.31. The Balaban J connectivity index is 1.70. The minimum atomic E-state index is -0.681. The first-order chi connectivity index (χ1) is 14.0. The van der Waals surface area contributed by atoms with E-state index in [4.69, 9.17) is 10.5 Å². The maximum atomic E-state index is 12.9. The van der Waals surface area contributed by atoms with E-state index in [1.165, 1.54) is 49.6 Å². The molecule has 0 heterocycles. The lowest BCUT2D eigenvalue weighted by atomic mass is 9.48. The van der Waals surface area contributed by atoms with E-state index >= 15 is 0 Å². The number of nitrogens with one attached hydrogen (secondary N) is 1. The van der Waals surface area contributed by atoms with Crippen LogP contribution in [0.3, 0.4) is 0 Å². The number of hydrogen-bond donors (Lipinski definition) is 2. The molecule has 4 aliphatic rings. The van der Waals surface area contributed by atoms with Gasteiger partial charge >= 0.3 is 6.09 Å². The maximum absolute atomic E-state index is 12.9. The molecule has 166 valence electrons. The molecule has 0 aliphatic heterocycles. The Bertz CT molecular complexity index is 711. The van der Waals surface area contributed by atoms with Crippen LogP contribution in [-0.4, -0.2) is 41.6 Å². The van der Waals surface area contributed by atoms with Crippen LogP contribution in [0.4, 0.5) is 4.79 Å². The number of amides is 2. The molecule has 7 nitrogen and oxygen atoms in total. The number of carbonyl (C=O) groups excluding carboxylic acids is 2. The highest BCUT2D eigenvalue weighted by molar-refractivity contribution is 5.97. The Kier molecular flexibility index (Phi) is 6.47. The van der Waals surface area contributed by atoms with Gasteiger partial charge in [-0.2, -0.15) is 5.26 Å². The van der Waals surface area contributed by atoms with Crippen LogP contribution in [-0.2, 0) is 9.53 Å². The number of rotatable bonds is 6. The summed E-state index contributed by atoms with van der Waals surface area (Å²) in [7, 11) is 0. The predicted molar refractivity (Wildman–Crippen MR) is 114 cm³/mol. The molecule has 0 aromatic carbocycles. The second-order valence-corrected chi connectivity index (χ2v) is 10.6. The van der Waals surface area contributed by atoms with E-state index < -0.39 is 17.6 Å². The summed E-state index contributed by atoms with van der Waals surface area (Å²) in [5, 5.41) is 12.7. The van der Waals surface area contributed by atoms with E-state index in [1.54, 1.807) is 20.8 Å². The first-order valence-corrected chi connectivity index (χ1v) is 11.2. The van der Waals surface area contributed by atoms with Gasteiger partial charge in [0.05, 0.1) is 0 Å². The Morgan fingerprint density at radius 1 is 1.23 bits per heavy atom. The van der Waals surface area contributed by atoms with Crippen molar-refractivity contribution in [3.8, 4) is 6.07 Å². The standard InChI is InChI=1S/C23H36N4O3/c1-15(23-10-16-7-17(11-23)9-18(8-16)12-23)26-20(28)19(13-25)14-27(6-5-24)21(29)30-22(2,3)4/h14-18H,5-12,24H2,1-4H3,(H,26,28)/b19-14-. The van der Waals surface area contributed by atoms with Gasteiger partial charge in [-0.25, -0.2) is 4.79 Å². The summed E-state index contributed by atoms with van der Waals surface area (Å²) in [5.74, 6) is 1.92. The van der Waals surface area contributed by atoms with Gasteiger partial charge in [-0.15, -0.1) is 0 Å². The largest absolute Gasteiger partial charge is 0.443 e. The summed E-state index contributed by atoms with van der Waals surface area (Å²) in [4.78, 5) is 26.6. The summed E-state index contributed by atoms with van der Waals surface area (Å²) in [6.45, 7) is 7.73. The second kappa shape index (κ2) is 8.58. The molecule has 1 atom stereocenters. The first-order valence-electron chi connectivity index (χ1n) is 11.2. The van der Waals surface area contributed by atoms with Crippen molar-refractivity contribution in [1.82, 2.24) is 10.2 Å². The minimum Gasteiger partial charge on any atom is -0.443 e. The van der Waals surface area contributed by atoms with Crippen LogP contribution in [0.5, 0.6) is 0 Å². The SMILES string of the molecule is CC(NC(=O)/C(C#N)=C\N(CCN)C(=O)OC(C)(C)C)C12CC3CC(CC(C3)C1)C2. The molecule has 4 saturated carbocycles. The van der Waals surface area contributed by atoms with E-state index in [0.717, 1.165) is 17.8 Å². The molecule has 3 N–H and O–H groups in total. The van der Waals surface area contributed by atoms with Crippen LogP contribution in [0.2, 0.25) is 0 Å². The zero-order valence-electron chi connectivity index (χ0n) is 18.7. The maximum Gasteiger partial charge on any atom is 0.414 e. The molecular weight excluding hydrogens is 380 g/mol. The van der Waals surface area contributed by atoms with Gasteiger partial charge in [0.2, 0.25) is 0 Å². The van der Waals surface area contributed by atoms with Crippen LogP contribution in [0.25, 0.3) is 0 Å². The zero-order valence-corrected chi connectivity index (χ0v) is 18.7. The van der Waals surface area contributed by atoms with Crippen LogP contribution in [0, 0.1) is 34.5 Å². The van der Waals surface area contributed by atoms with Crippen molar-refractivity contribution in [2.75, 3.05) is 13.1 Å². The third-order valence-electron chi connectivity index (χ3n) is 7.00. The normalized spacial score (nSPS) is 31.1. The Hall–Kier alpha value is -2.07. The molecule has 2 amide bonds. The Morgan fingerprint density at radius 2 is 1.77 bits per heavy atom. The molecule has 0 saturated heterocycles. The molecule has 0 radical (unpaired) electrons. The fraction of sp³-hybridized carbons (Fsp3) is 0.783. The molecule has 4 fully saturated rings. The zero-order chi connectivity index (χ0) is 22.1. The van der Waals surface area contributed by atoms with Gasteiger partial charge in [0.25, 0.3) is 5.91 Å². The van der Waals surface area contributed by atoms with Crippen molar-refractivity contribution < 1.29 is 14.3 Å². The second-order valence-electron chi connectivity index (χ2n) is 10.6. The van der Waals surface area contributed by atoms with Crippen LogP contribution >= 0.6 is 0 Å². The number of nitrogens with two attached hydrogens (primary N) is 1. The molecule has 1 unspecified atom stereocenters. The molecule has 4 bridgehead atoms. The van der Waals surface area contributed by atoms with Crippen molar-refractivity contribution in [1.29, 1.82) is 5.26 Å². The van der Waals surface area contributed by atoms with Crippen molar-refractivity contribution in [3.05, 3.63) is 11.8 Å². The molecule has 0 spiro atoms. The third-order valence-corrected chi connectivity index (χ3v) is 7.00. The lowest BCUT2D eigenvalue weighted by molar-refractivity contribution is -0.122. The van der Waals surface area contributed by atoms with Crippen molar-refractivity contribution in [2.24, 2.45) is 28.9 Å². The van der Waals surface area contributed by atoms with Gasteiger partial charge in [0, 0.05) is 25.3 Å². The van der Waals surface area contributed by atoms with Crippen molar-refractivity contribution >= 4 is 12.0 Å². The number of carbonyl (C=O) groups is 2. The number of nitriles is 1. The van der Waals surface area contributed by atoms with Gasteiger partial charge in [-0.1, -0.05) is 0 Å². The van der Waals surface area contributed by atoms with Gasteiger partial charge in [-0.05, 0) is 89.4 Å². The van der Waals surface area contributed by atoms with E-state index in [1.807, 2.05) is 6.07 Å². The summed E-state index contributed by atoms with van der Waals surface area (Å²) >= 11 is 0. The smallest absolute Gasteiger partial charge is 0.414 e. The van der Waals surface area contributed by atoms with Crippen molar-refractivity contribution in [3.63, 3.8) is 0 Å². The molecule has 7 heteroatoms. The van der Waals surface area contributed by atoms with Gasteiger partial charge in [0.1, 0.15) is 17.2 Å². The van der Waals surface area contributed by atoms with E-state index in [0.29, 0.717) is 0 Å². The van der Waals surface area contributed by atoms with E-state index in [-0.39, 0.29) is 30.1 Å². The molecule has 4 aliphatic carbocycles. The average molecular weight is 417 g/mol. The fourth-order valence-electron chi connectivity index (χ4n) is 6.10. The van der Waals surface area contributed by atoms with Crippen molar-refractivity contribution in [2.45, 2.75) is 77.9 Å². The highest BCUT2D eigenvalue weighted by Crippen LogP contribution is 2.61. The molecule has 4 rings (SSSR count). The van der Waals surface area contributed by atoms with Crippen LogP contribution in [0.1, 0.15) is 66.2 Å². The van der Waals surface area contributed by atoms with Gasteiger partial charge in [0.15, 0.2) is 0 Å². The minimum absolute atomic E-state index is 0.000338. The Morgan fingerprint density at radius 3 is 2.20 bits per heavy atom. The lowest BCUT2D eigenvalue weighted by Gasteiger charge is -2.59. The molecule has 0 aromatic rings. The van der Waals surface area contributed by atoms with E-state index in [2.05, 4.69) is 12.2 Å². The number of ether oxygens (including phenoxy) is 1. The highest BCUT2D eigenvalue weighted by Gasteiger charge is 2.53. The van der Waals surface area contributed by atoms with Crippen LogP contribution in [0.15, 0.2) is 11.8 Å². The summed E-state index contributed by atoms with van der Waals surface area (Å²) in [5.41, 5.74) is 4.97. The van der Waals surface area contributed by atoms with Gasteiger partial charge < -0.3 is 15.8 Å². The summed E-state index contributed by atoms with van der Waals surface area (Å²) < 4.78 is 5.37. The Labute approximate surface area is 180 Å². The molecule has 0 aromatic heterocycles. The number of nitrogens with zero attached hydrogens (tertiary/aromatic N) is 2. The highest BCUT2D eigenvalue weighted by atomic mass is 16.6. The number of hydrogen-bond acceptors (Lipinski definition) is 5. The quantitative estimate of drug-likeness (QED) is 0.510. The molecular formula is C23H36N4O3. The topological polar surface area (TPSA) is 108 Å². The summed E-state index contributed by atoms with van der Waals surface area (Å²) in [6, 6.07) is 1.95. The van der Waals surface area contributed by atoms with Gasteiger partial charge in [-0.3, -0.25) is 9.69 Å². The lowest BCUT2D eigenvalue weighted by Crippen LogP contribution is -2.56. The van der Waals surface area contributed by atoms with Crippen LogP contribution < -0.4 is 11.1 Å². The summed E-state index contributed by atoms with van der Waals surface area (Å²) in [6.07, 6.45) is 8.18. The molecule has 30 heavy (non-hydrogen) atoms. The average Bonchev–Trinajstić information content (AvgIpc) is 2.62.